The van der Waals surface area contributed by atoms with Crippen molar-refractivity contribution in [1.29, 1.82) is 0 Å². The van der Waals surface area contributed by atoms with Crippen LogP contribution < -0.4 is 0 Å². The van der Waals surface area contributed by atoms with Crippen molar-refractivity contribution in [3.8, 4) is 0 Å². The summed E-state index contributed by atoms with van der Waals surface area (Å²) < 4.78 is 0. The molecule has 60 valence electrons. The van der Waals surface area contributed by atoms with Crippen molar-refractivity contribution in [2.24, 2.45) is 0 Å². The van der Waals surface area contributed by atoms with Gasteiger partial charge >= 0.3 is 0 Å². The summed E-state index contributed by atoms with van der Waals surface area (Å²) in [7, 11) is 0. The van der Waals surface area contributed by atoms with E-state index < -0.39 is 0 Å². The largest absolute Gasteiger partial charge is 0.397 e. The molecule has 0 atom stereocenters. The van der Waals surface area contributed by atoms with Gasteiger partial charge in [0, 0.05) is 19.0 Å². The van der Waals surface area contributed by atoms with Gasteiger partial charge in [-0.3, -0.25) is 10.5 Å². The number of hydrogen-bond acceptors (Lipinski definition) is 3. The topological polar surface area (TPSA) is 76.5 Å². The highest BCUT2D eigenvalue weighted by Gasteiger charge is 1.55. The number of aromatic amines is 1. The third-order valence-corrected chi connectivity index (χ3v) is 0.496. The van der Waals surface area contributed by atoms with E-state index >= 15 is 0 Å². The van der Waals surface area contributed by atoms with Crippen molar-refractivity contribution in [3.63, 3.8) is 0 Å². The fraction of sp³-hybridized carbons (Fsp3) is 0.333. The molecule has 0 saturated heterocycles. The summed E-state index contributed by atoms with van der Waals surface area (Å²) in [6.45, 7) is 1.93. The minimum absolute atomic E-state index is 0.250. The Kier molecular flexibility index (Phi) is 18.7. The molecule has 4 N–H and O–H groups in total. The zero-order valence-electron chi connectivity index (χ0n) is 5.86. The van der Waals surface area contributed by atoms with Crippen molar-refractivity contribution in [2.45, 2.75) is 6.92 Å². The van der Waals surface area contributed by atoms with Gasteiger partial charge in [0.2, 0.25) is 0 Å². The molecule has 10 heavy (non-hydrogen) atoms. The highest BCUT2D eigenvalue weighted by molar-refractivity contribution is 4.84. The van der Waals surface area contributed by atoms with E-state index in [1.54, 1.807) is 6.92 Å². The van der Waals surface area contributed by atoms with Crippen LogP contribution in [0.5, 0.6) is 0 Å². The molecule has 0 fully saturated rings. The van der Waals surface area contributed by atoms with Gasteiger partial charge in [0.1, 0.15) is 0 Å². The summed E-state index contributed by atoms with van der Waals surface area (Å²) in [5, 5.41) is 19.6. The molecule has 0 bridgehead atoms. The average Bonchev–Trinajstić information content (AvgIpc) is 2.48. The molecular weight excluding hydrogens is 134 g/mol. The fourth-order valence-corrected chi connectivity index (χ4v) is 0.278. The predicted octanol–water partition coefficient (Wildman–Crippen LogP) is 1.03. The van der Waals surface area contributed by atoms with Crippen LogP contribution in [0, 0.1) is 0 Å². The van der Waals surface area contributed by atoms with Crippen LogP contribution in [0.25, 0.3) is 0 Å². The summed E-state index contributed by atoms with van der Waals surface area (Å²) in [6, 6.07) is 3.89. The minimum atomic E-state index is 0.250. The second-order valence-electron chi connectivity index (χ2n) is 1.20. The number of aromatic nitrogens is 1. The molecule has 0 radical (unpaired) electrons. The first-order valence-electron chi connectivity index (χ1n) is 2.80. The van der Waals surface area contributed by atoms with Gasteiger partial charge in [0.05, 0.1) is 0 Å². The van der Waals surface area contributed by atoms with Crippen LogP contribution in [0.4, 0.5) is 0 Å². The van der Waals surface area contributed by atoms with E-state index in [2.05, 4.69) is 4.98 Å². The molecule has 0 aliphatic rings. The van der Waals surface area contributed by atoms with Crippen LogP contribution >= 0.6 is 0 Å². The normalized spacial score (nSPS) is 6.40. The summed E-state index contributed by atoms with van der Waals surface area (Å²) in [5.41, 5.74) is 0. The molecule has 1 aromatic rings. The average molecular weight is 147 g/mol. The first-order valence-corrected chi connectivity index (χ1v) is 2.80. The molecule has 0 aliphatic heterocycles. The van der Waals surface area contributed by atoms with Crippen LogP contribution in [0.3, 0.4) is 0 Å². The smallest absolute Gasteiger partial charge is 0.0402 e. The van der Waals surface area contributed by atoms with Crippen LogP contribution in [0.2, 0.25) is 0 Å². The summed E-state index contributed by atoms with van der Waals surface area (Å²) in [4.78, 5) is 2.86. The Morgan fingerprint density at radius 1 is 1.20 bits per heavy atom. The van der Waals surface area contributed by atoms with E-state index in [1.807, 2.05) is 24.5 Å². The van der Waals surface area contributed by atoms with Crippen LogP contribution in [-0.2, 0) is 0 Å². The highest BCUT2D eigenvalue weighted by atomic mass is 17.0. The highest BCUT2D eigenvalue weighted by Crippen LogP contribution is 1.72. The molecule has 4 nitrogen and oxygen atoms in total. The number of hydrogen-bond donors (Lipinski definition) is 4. The van der Waals surface area contributed by atoms with Gasteiger partial charge in [-0.25, -0.2) is 0 Å². The maximum Gasteiger partial charge on any atom is 0.0402 e. The summed E-state index contributed by atoms with van der Waals surface area (Å²) in [6.07, 6.45) is 3.75. The Hall–Kier alpha value is -0.840. The summed E-state index contributed by atoms with van der Waals surface area (Å²) in [5.74, 6) is 0. The quantitative estimate of drug-likeness (QED) is 0.327. The third-order valence-electron chi connectivity index (χ3n) is 0.496. The lowest BCUT2D eigenvalue weighted by molar-refractivity contribution is -0.176. The van der Waals surface area contributed by atoms with Crippen molar-refractivity contribution >= 4 is 0 Å². The van der Waals surface area contributed by atoms with Crippen LogP contribution in [-0.4, -0.2) is 27.2 Å². The van der Waals surface area contributed by atoms with Gasteiger partial charge in [0.15, 0.2) is 0 Å². The fourth-order valence-electron chi connectivity index (χ4n) is 0.278. The van der Waals surface area contributed by atoms with Crippen LogP contribution in [0.1, 0.15) is 6.92 Å². The molecule has 1 heterocycles. The monoisotopic (exact) mass is 147 g/mol. The zero-order valence-corrected chi connectivity index (χ0v) is 5.86. The number of aliphatic hydroxyl groups is 1. The second-order valence-corrected chi connectivity index (χ2v) is 1.20. The molecule has 4 heteroatoms. The van der Waals surface area contributed by atoms with E-state index in [9.17, 15) is 0 Å². The van der Waals surface area contributed by atoms with Gasteiger partial charge < -0.3 is 10.1 Å². The molecule has 0 unspecified atom stereocenters. The Labute approximate surface area is 59.7 Å². The van der Waals surface area contributed by atoms with Crippen molar-refractivity contribution in [1.82, 2.24) is 4.98 Å². The number of H-pyrrole nitrogens is 1. The molecule has 1 rings (SSSR count). The lowest BCUT2D eigenvalue weighted by Crippen LogP contribution is -1.57. The maximum absolute atomic E-state index is 7.57. The Bertz CT molecular complexity index is 79.9. The third kappa shape index (κ3) is 15.7. The SMILES string of the molecule is CCO.OO.c1cc[nH]c1. The molecule has 0 saturated carbocycles. The van der Waals surface area contributed by atoms with E-state index in [0.29, 0.717) is 0 Å². The predicted molar refractivity (Wildman–Crippen MR) is 38.8 cm³/mol. The van der Waals surface area contributed by atoms with Gasteiger partial charge in [0.25, 0.3) is 0 Å². The van der Waals surface area contributed by atoms with Gasteiger partial charge in [-0.2, -0.15) is 0 Å². The standard InChI is InChI=1S/C4H5N.C2H6O.H2O2/c1-2-4-5-3-1;1-2-3;1-2/h1-5H;3H,2H2,1H3;1-2H. The van der Waals surface area contributed by atoms with Gasteiger partial charge in [-0.15, -0.1) is 0 Å². The lowest BCUT2D eigenvalue weighted by atomic mass is 10.7. The van der Waals surface area contributed by atoms with Gasteiger partial charge in [-0.1, -0.05) is 0 Å². The lowest BCUT2D eigenvalue weighted by Gasteiger charge is -1.52. The molecule has 1 aromatic heterocycles. The molecular formula is C6H13NO3. The molecule has 0 amide bonds. The first kappa shape index (κ1) is 11.9. The summed E-state index contributed by atoms with van der Waals surface area (Å²) >= 11 is 0. The Balaban J connectivity index is 0. The maximum atomic E-state index is 7.57. The Morgan fingerprint density at radius 3 is 1.60 bits per heavy atom. The van der Waals surface area contributed by atoms with E-state index in [0.717, 1.165) is 0 Å². The van der Waals surface area contributed by atoms with Crippen molar-refractivity contribution in [2.75, 3.05) is 6.61 Å². The molecule has 0 aliphatic carbocycles. The first-order chi connectivity index (χ1) is 4.91. The van der Waals surface area contributed by atoms with Crippen molar-refractivity contribution < 1.29 is 15.6 Å². The van der Waals surface area contributed by atoms with E-state index in [1.165, 1.54) is 0 Å². The second kappa shape index (κ2) is 15.7. The molecule has 0 spiro atoms. The van der Waals surface area contributed by atoms with Crippen molar-refractivity contribution in [3.05, 3.63) is 24.5 Å². The van der Waals surface area contributed by atoms with E-state index in [-0.39, 0.29) is 6.61 Å². The Morgan fingerprint density at radius 2 is 1.50 bits per heavy atom. The van der Waals surface area contributed by atoms with Crippen LogP contribution in [0.15, 0.2) is 24.5 Å². The minimum Gasteiger partial charge on any atom is -0.397 e. The molecule has 0 aromatic carbocycles. The van der Waals surface area contributed by atoms with Gasteiger partial charge in [-0.05, 0) is 19.1 Å². The van der Waals surface area contributed by atoms with E-state index in [4.69, 9.17) is 15.6 Å². The number of aliphatic hydroxyl groups excluding tert-OH is 1. The number of nitrogens with one attached hydrogen (secondary N) is 1. The zero-order chi connectivity index (χ0) is 8.24. The number of rotatable bonds is 0.